The van der Waals surface area contributed by atoms with Gasteiger partial charge in [0.15, 0.2) is 6.61 Å². The molecule has 3 rings (SSSR count). The Labute approximate surface area is 223 Å². The zero-order valence-electron chi connectivity index (χ0n) is 20.8. The molecule has 3 aromatic carbocycles. The molecule has 0 saturated heterocycles. The number of carbonyl (C=O) groups is 2. The summed E-state index contributed by atoms with van der Waals surface area (Å²) in [5, 5.41) is 3.86. The summed E-state index contributed by atoms with van der Waals surface area (Å²) in [6.07, 6.45) is 0.336. The molecule has 3 aromatic rings. The first kappa shape index (κ1) is 27.6. The molecular weight excluding hydrogens is 495 g/mol. The molecule has 0 bridgehead atoms. The Bertz CT molecular complexity index is 1150. The lowest BCUT2D eigenvalue weighted by Gasteiger charge is -2.32. The predicted octanol–water partition coefficient (Wildman–Crippen LogP) is 6.09. The van der Waals surface area contributed by atoms with E-state index in [-0.39, 0.29) is 30.9 Å². The van der Waals surface area contributed by atoms with Crippen LogP contribution >= 0.6 is 23.2 Å². The summed E-state index contributed by atoms with van der Waals surface area (Å²) in [4.78, 5) is 28.6. The van der Waals surface area contributed by atoms with Gasteiger partial charge in [-0.15, -0.1) is 0 Å². The van der Waals surface area contributed by atoms with Gasteiger partial charge in [0.2, 0.25) is 5.91 Å². The van der Waals surface area contributed by atoms with Crippen molar-refractivity contribution in [2.45, 2.75) is 39.8 Å². The van der Waals surface area contributed by atoms with Gasteiger partial charge < -0.3 is 15.0 Å². The average molecular weight is 527 g/mol. The highest BCUT2D eigenvalue weighted by Crippen LogP contribution is 2.27. The SMILES string of the molecule is Cc1cccc(OCC(=O)N(Cc2c(Cl)cccc2Cl)C(Cc2ccccc2)C(=O)NCC(C)C)c1. The van der Waals surface area contributed by atoms with E-state index in [9.17, 15) is 9.59 Å². The van der Waals surface area contributed by atoms with Crippen LogP contribution < -0.4 is 10.1 Å². The van der Waals surface area contributed by atoms with Crippen LogP contribution in [0.25, 0.3) is 0 Å². The summed E-state index contributed by atoms with van der Waals surface area (Å²) in [5.74, 6) is 0.272. The van der Waals surface area contributed by atoms with E-state index in [1.54, 1.807) is 24.3 Å². The van der Waals surface area contributed by atoms with Crippen LogP contribution in [0.2, 0.25) is 10.0 Å². The summed E-state index contributed by atoms with van der Waals surface area (Å²) in [7, 11) is 0. The molecule has 2 amide bonds. The van der Waals surface area contributed by atoms with Crippen molar-refractivity contribution in [2.24, 2.45) is 5.92 Å². The second kappa shape index (κ2) is 13.3. The van der Waals surface area contributed by atoms with Crippen molar-refractivity contribution in [1.82, 2.24) is 10.2 Å². The van der Waals surface area contributed by atoms with Crippen LogP contribution in [-0.4, -0.2) is 35.9 Å². The largest absolute Gasteiger partial charge is 0.484 e. The third kappa shape index (κ3) is 8.00. The topological polar surface area (TPSA) is 58.6 Å². The normalized spacial score (nSPS) is 11.7. The van der Waals surface area contributed by atoms with E-state index in [1.165, 1.54) is 4.90 Å². The van der Waals surface area contributed by atoms with Gasteiger partial charge in [0.25, 0.3) is 5.91 Å². The van der Waals surface area contributed by atoms with Gasteiger partial charge >= 0.3 is 0 Å². The molecule has 1 N–H and O–H groups in total. The molecule has 0 spiro atoms. The quantitative estimate of drug-likeness (QED) is 0.328. The Kier molecular flexibility index (Phi) is 10.2. The minimum absolute atomic E-state index is 0.0706. The van der Waals surface area contributed by atoms with Crippen molar-refractivity contribution in [3.05, 3.63) is 99.5 Å². The number of nitrogens with zero attached hydrogens (tertiary/aromatic N) is 1. The van der Waals surface area contributed by atoms with E-state index in [1.807, 2.05) is 69.3 Å². The third-order valence-electron chi connectivity index (χ3n) is 5.70. The van der Waals surface area contributed by atoms with Crippen LogP contribution in [0.3, 0.4) is 0 Å². The number of amides is 2. The number of rotatable bonds is 11. The Hall–Kier alpha value is -3.02. The molecule has 0 fully saturated rings. The maximum atomic E-state index is 13.6. The molecule has 5 nitrogen and oxygen atoms in total. The van der Waals surface area contributed by atoms with E-state index >= 15 is 0 Å². The first-order valence-corrected chi connectivity index (χ1v) is 12.7. The van der Waals surface area contributed by atoms with Crippen LogP contribution in [0.15, 0.2) is 72.8 Å². The molecule has 0 heterocycles. The van der Waals surface area contributed by atoms with Gasteiger partial charge in [0.1, 0.15) is 11.8 Å². The smallest absolute Gasteiger partial charge is 0.261 e. The van der Waals surface area contributed by atoms with Gasteiger partial charge in [-0.2, -0.15) is 0 Å². The number of aryl methyl sites for hydroxylation is 1. The van der Waals surface area contributed by atoms with Crippen molar-refractivity contribution < 1.29 is 14.3 Å². The summed E-state index contributed by atoms with van der Waals surface area (Å²) in [6, 6.07) is 21.5. The minimum Gasteiger partial charge on any atom is -0.484 e. The highest BCUT2D eigenvalue weighted by Gasteiger charge is 2.31. The summed E-state index contributed by atoms with van der Waals surface area (Å²) < 4.78 is 5.82. The lowest BCUT2D eigenvalue weighted by Crippen LogP contribution is -2.52. The van der Waals surface area contributed by atoms with Gasteiger partial charge in [0.05, 0.1) is 0 Å². The van der Waals surface area contributed by atoms with Crippen LogP contribution in [0.4, 0.5) is 0 Å². The van der Waals surface area contributed by atoms with Crippen molar-refractivity contribution in [3.8, 4) is 5.75 Å². The zero-order chi connectivity index (χ0) is 26.1. The monoisotopic (exact) mass is 526 g/mol. The number of benzene rings is 3. The van der Waals surface area contributed by atoms with Gasteiger partial charge in [-0.25, -0.2) is 0 Å². The van der Waals surface area contributed by atoms with Crippen LogP contribution in [0, 0.1) is 12.8 Å². The van der Waals surface area contributed by atoms with Gasteiger partial charge in [-0.1, -0.05) is 85.6 Å². The number of nitrogens with one attached hydrogen (secondary N) is 1. The van der Waals surface area contributed by atoms with Crippen molar-refractivity contribution in [3.63, 3.8) is 0 Å². The fraction of sp³-hybridized carbons (Fsp3) is 0.310. The molecule has 7 heteroatoms. The molecule has 36 heavy (non-hydrogen) atoms. The number of hydrogen-bond donors (Lipinski definition) is 1. The average Bonchev–Trinajstić information content (AvgIpc) is 2.85. The van der Waals surface area contributed by atoms with Crippen molar-refractivity contribution in [1.29, 1.82) is 0 Å². The second-order valence-electron chi connectivity index (χ2n) is 9.17. The number of hydrogen-bond acceptors (Lipinski definition) is 3. The molecule has 0 saturated carbocycles. The first-order valence-electron chi connectivity index (χ1n) is 12.0. The molecular formula is C29H32Cl2N2O3. The summed E-state index contributed by atoms with van der Waals surface area (Å²) >= 11 is 12.9. The second-order valence-corrected chi connectivity index (χ2v) is 9.99. The third-order valence-corrected chi connectivity index (χ3v) is 6.41. The Morgan fingerprint density at radius 1 is 0.944 bits per heavy atom. The molecule has 0 radical (unpaired) electrons. The van der Waals surface area contributed by atoms with Crippen LogP contribution in [0.1, 0.15) is 30.5 Å². The highest BCUT2D eigenvalue weighted by molar-refractivity contribution is 6.36. The molecule has 1 unspecified atom stereocenters. The van der Waals surface area contributed by atoms with E-state index in [2.05, 4.69) is 5.32 Å². The van der Waals surface area contributed by atoms with Gasteiger partial charge in [0, 0.05) is 35.1 Å². The predicted molar refractivity (Wildman–Crippen MR) is 145 cm³/mol. The first-order chi connectivity index (χ1) is 17.2. The molecule has 0 aliphatic carbocycles. The van der Waals surface area contributed by atoms with E-state index in [4.69, 9.17) is 27.9 Å². The maximum absolute atomic E-state index is 13.6. The molecule has 0 aromatic heterocycles. The van der Waals surface area contributed by atoms with Gasteiger partial charge in [-0.3, -0.25) is 9.59 Å². The summed E-state index contributed by atoms with van der Waals surface area (Å²) in [6.45, 7) is 6.34. The van der Waals surface area contributed by atoms with E-state index < -0.39 is 6.04 Å². The minimum atomic E-state index is -0.785. The Morgan fingerprint density at radius 2 is 1.61 bits per heavy atom. The molecule has 0 aliphatic rings. The molecule has 190 valence electrons. The molecule has 1 atom stereocenters. The fourth-order valence-corrected chi connectivity index (χ4v) is 4.28. The van der Waals surface area contributed by atoms with E-state index in [0.717, 1.165) is 11.1 Å². The van der Waals surface area contributed by atoms with E-state index in [0.29, 0.717) is 34.3 Å². The fourth-order valence-electron chi connectivity index (χ4n) is 3.76. The van der Waals surface area contributed by atoms with Crippen LogP contribution in [0.5, 0.6) is 5.75 Å². The van der Waals surface area contributed by atoms with Crippen LogP contribution in [-0.2, 0) is 22.6 Å². The number of carbonyl (C=O) groups excluding carboxylic acids is 2. The maximum Gasteiger partial charge on any atom is 0.261 e. The summed E-state index contributed by atoms with van der Waals surface area (Å²) in [5.41, 5.74) is 2.54. The number of ether oxygens (including phenoxy) is 1. The Balaban J connectivity index is 1.95. The van der Waals surface area contributed by atoms with Gasteiger partial charge in [-0.05, 0) is 48.2 Å². The standard InChI is InChI=1S/C29H32Cl2N2O3/c1-20(2)17-32-29(35)27(16-22-10-5-4-6-11-22)33(18-24-25(30)13-8-14-26(24)31)28(34)19-36-23-12-7-9-21(3)15-23/h4-15,20,27H,16-19H2,1-3H3,(H,32,35). The Morgan fingerprint density at radius 3 is 2.25 bits per heavy atom. The highest BCUT2D eigenvalue weighted by atomic mass is 35.5. The molecule has 0 aliphatic heterocycles. The lowest BCUT2D eigenvalue weighted by molar-refractivity contribution is -0.142. The lowest BCUT2D eigenvalue weighted by atomic mass is 10.0. The van der Waals surface area contributed by atoms with Crippen molar-refractivity contribution >= 4 is 35.0 Å². The number of halogens is 2. The zero-order valence-corrected chi connectivity index (χ0v) is 22.4. The van der Waals surface area contributed by atoms with Crippen molar-refractivity contribution in [2.75, 3.05) is 13.2 Å².